The van der Waals surface area contributed by atoms with Gasteiger partial charge >= 0.3 is 0 Å². The van der Waals surface area contributed by atoms with Gasteiger partial charge in [0.15, 0.2) is 0 Å². The van der Waals surface area contributed by atoms with Crippen LogP contribution in [0.15, 0.2) is 172 Å². The summed E-state index contributed by atoms with van der Waals surface area (Å²) >= 11 is 0. The van der Waals surface area contributed by atoms with Gasteiger partial charge in [0.05, 0.1) is 34.6 Å². The number of anilines is 3. The summed E-state index contributed by atoms with van der Waals surface area (Å²) in [6, 6.07) is 18.0. The fourth-order valence-corrected chi connectivity index (χ4v) is 6.48. The monoisotopic (exact) mass is 614 g/mol. The highest BCUT2D eigenvalue weighted by Gasteiger charge is 2.23. The van der Waals surface area contributed by atoms with Gasteiger partial charge in [-0.2, -0.15) is 0 Å². The van der Waals surface area contributed by atoms with Gasteiger partial charge in [-0.3, -0.25) is 0 Å². The average molecular weight is 615 g/mol. The molecule has 2 aromatic heterocycles. The number of hydrogen-bond donors (Lipinski definition) is 0. The van der Waals surface area contributed by atoms with Gasteiger partial charge in [0.25, 0.3) is 0 Å². The normalized spacial score (nSPS) is 15.7. The molecule has 0 unspecified atom stereocenters. The lowest BCUT2D eigenvalue weighted by atomic mass is 9.95. The van der Waals surface area contributed by atoms with E-state index in [1.165, 1.54) is 0 Å². The lowest BCUT2D eigenvalue weighted by Crippen LogP contribution is -2.10. The first-order valence-corrected chi connectivity index (χ1v) is 14.9. The van der Waals surface area contributed by atoms with E-state index >= 15 is 0 Å². The summed E-state index contributed by atoms with van der Waals surface area (Å²) in [6.45, 7) is 0. The SMILES string of the molecule is [2H]c1c([2H])c([2H])c(-c2c([2H])c3c(oc4c([2H])c([2H])c([2H])c(N(c5ccc6c(c5)oc5ccccc56)c5cccc6ccccc56)c43)c3c([2H])c([2H])c([2H])c([2H])c23)c([2H])c1[2H]. The smallest absolute Gasteiger partial charge is 0.143 e. The molecule has 220 valence electrons. The van der Waals surface area contributed by atoms with Crippen LogP contribution in [-0.4, -0.2) is 0 Å². The number of hydrogen-bond acceptors (Lipinski definition) is 3. The third-order valence-corrected chi connectivity index (χ3v) is 8.52. The molecule has 0 aliphatic heterocycles. The number of nitrogens with zero attached hydrogens (tertiary/aromatic N) is 1. The van der Waals surface area contributed by atoms with Crippen LogP contribution in [0.25, 0.3) is 76.5 Å². The van der Waals surface area contributed by atoms with Gasteiger partial charge in [0, 0.05) is 38.7 Å². The van der Waals surface area contributed by atoms with E-state index in [2.05, 4.69) is 0 Å². The minimum atomic E-state index is -0.721. The zero-order valence-electron chi connectivity index (χ0n) is 37.3. The van der Waals surface area contributed by atoms with E-state index in [0.717, 1.165) is 21.5 Å². The number of rotatable bonds is 4. The van der Waals surface area contributed by atoms with Crippen LogP contribution in [0.4, 0.5) is 17.1 Å². The Kier molecular flexibility index (Phi) is 3.50. The second-order valence-corrected chi connectivity index (χ2v) is 11.1. The molecule has 10 aromatic rings. The predicted octanol–water partition coefficient (Wildman–Crippen LogP) is 12.9. The zero-order valence-corrected chi connectivity index (χ0v) is 24.3. The van der Waals surface area contributed by atoms with Crippen LogP contribution >= 0.6 is 0 Å². The molecule has 0 atom stereocenters. The van der Waals surface area contributed by atoms with Crippen LogP contribution in [0.2, 0.25) is 0 Å². The summed E-state index contributed by atoms with van der Waals surface area (Å²) in [4.78, 5) is 1.71. The Hall–Kier alpha value is -6.32. The van der Waals surface area contributed by atoms with Gasteiger partial charge in [-0.25, -0.2) is 0 Å². The highest BCUT2D eigenvalue weighted by Crippen LogP contribution is 2.48. The lowest BCUT2D eigenvalue weighted by molar-refractivity contribution is 0.669. The molecular formula is C44H27NO2. The molecule has 8 aromatic carbocycles. The summed E-state index contributed by atoms with van der Waals surface area (Å²) in [5, 5.41) is 2.46. The minimum Gasteiger partial charge on any atom is -0.456 e. The molecule has 0 saturated heterocycles. The summed E-state index contributed by atoms with van der Waals surface area (Å²) in [5.74, 6) is 0. The van der Waals surface area contributed by atoms with Gasteiger partial charge in [-0.1, -0.05) is 115 Å². The second kappa shape index (κ2) is 10.1. The highest BCUT2D eigenvalue weighted by atomic mass is 16.3. The lowest BCUT2D eigenvalue weighted by Gasteiger charge is -2.27. The standard InChI is InChI=1S/C44H27NO2/c1-2-12-29(13-3-1)36-27-37-43-39(21-11-23-41(43)47-44(37)35-19-7-6-17-32(35)36)45(38-20-10-15-28-14-4-5-16-31(28)38)30-24-25-34-33-18-8-9-22-40(33)46-42(34)26-30/h1-27H/i1D,2D,3D,6D,7D,11D,12D,13D,17D,19D,21D,23D,27D. The van der Waals surface area contributed by atoms with Crippen molar-refractivity contribution < 1.29 is 26.7 Å². The number of furan rings is 2. The maximum absolute atomic E-state index is 9.93. The number of benzene rings is 8. The highest BCUT2D eigenvalue weighted by molar-refractivity contribution is 6.23. The molecule has 0 saturated carbocycles. The molecule has 0 aliphatic carbocycles. The molecule has 0 N–H and O–H groups in total. The van der Waals surface area contributed by atoms with Crippen LogP contribution in [0.1, 0.15) is 17.8 Å². The molecule has 3 nitrogen and oxygen atoms in total. The van der Waals surface area contributed by atoms with Crippen molar-refractivity contribution in [2.45, 2.75) is 0 Å². The Morgan fingerprint density at radius 1 is 0.489 bits per heavy atom. The van der Waals surface area contributed by atoms with E-state index in [4.69, 9.17) is 23.9 Å². The first-order valence-electron chi connectivity index (χ1n) is 21.4. The molecule has 0 aliphatic rings. The Bertz CT molecular complexity index is 3520. The maximum atomic E-state index is 9.93. The van der Waals surface area contributed by atoms with Crippen molar-refractivity contribution in [2.24, 2.45) is 0 Å². The molecule has 47 heavy (non-hydrogen) atoms. The Morgan fingerprint density at radius 3 is 2.17 bits per heavy atom. The number of fused-ring (bicyclic) bond motifs is 9. The van der Waals surface area contributed by atoms with Gasteiger partial charge in [-0.15, -0.1) is 0 Å². The quantitative estimate of drug-likeness (QED) is 0.197. The summed E-state index contributed by atoms with van der Waals surface area (Å²) in [6.07, 6.45) is 0. The van der Waals surface area contributed by atoms with Crippen LogP contribution in [-0.2, 0) is 0 Å². The summed E-state index contributed by atoms with van der Waals surface area (Å²) < 4.78 is 129. The Balaban J connectivity index is 1.45. The van der Waals surface area contributed by atoms with Crippen molar-refractivity contribution >= 4 is 82.5 Å². The molecule has 0 fully saturated rings. The Labute approximate surface area is 288 Å². The molecule has 0 spiro atoms. The van der Waals surface area contributed by atoms with E-state index in [0.29, 0.717) is 22.5 Å². The van der Waals surface area contributed by atoms with E-state index < -0.39 is 84.1 Å². The van der Waals surface area contributed by atoms with Crippen molar-refractivity contribution in [3.8, 4) is 11.1 Å². The van der Waals surface area contributed by atoms with E-state index in [1.807, 2.05) is 78.9 Å². The van der Waals surface area contributed by atoms with Crippen LogP contribution < -0.4 is 4.90 Å². The van der Waals surface area contributed by atoms with Gasteiger partial charge in [-0.05, 0) is 64.3 Å². The van der Waals surface area contributed by atoms with Crippen molar-refractivity contribution in [1.29, 1.82) is 0 Å². The summed E-state index contributed by atoms with van der Waals surface area (Å²) in [5.41, 5.74) is 0.733. The van der Waals surface area contributed by atoms with Crippen molar-refractivity contribution in [3.63, 3.8) is 0 Å². The van der Waals surface area contributed by atoms with Crippen LogP contribution in [0, 0.1) is 0 Å². The van der Waals surface area contributed by atoms with Crippen molar-refractivity contribution in [2.75, 3.05) is 4.90 Å². The van der Waals surface area contributed by atoms with E-state index in [-0.39, 0.29) is 44.0 Å². The summed E-state index contributed by atoms with van der Waals surface area (Å²) in [7, 11) is 0. The molecular weight excluding hydrogens is 574 g/mol. The van der Waals surface area contributed by atoms with E-state index in [9.17, 15) is 2.74 Å². The molecule has 10 rings (SSSR count). The third-order valence-electron chi connectivity index (χ3n) is 8.52. The molecule has 0 radical (unpaired) electrons. The largest absolute Gasteiger partial charge is 0.456 e. The molecule has 3 heteroatoms. The van der Waals surface area contributed by atoms with Crippen LogP contribution in [0.3, 0.4) is 0 Å². The topological polar surface area (TPSA) is 29.5 Å². The van der Waals surface area contributed by atoms with Gasteiger partial charge in [0.1, 0.15) is 22.3 Å². The maximum Gasteiger partial charge on any atom is 0.143 e. The minimum absolute atomic E-state index is 0.0164. The molecule has 2 heterocycles. The van der Waals surface area contributed by atoms with Gasteiger partial charge < -0.3 is 13.7 Å². The molecule has 0 amide bonds. The average Bonchev–Trinajstić information content (AvgIpc) is 3.84. The zero-order chi connectivity index (χ0) is 42.2. The van der Waals surface area contributed by atoms with Crippen LogP contribution in [0.5, 0.6) is 0 Å². The second-order valence-electron chi connectivity index (χ2n) is 11.1. The van der Waals surface area contributed by atoms with Crippen molar-refractivity contribution in [1.82, 2.24) is 0 Å². The fraction of sp³-hybridized carbons (Fsp3) is 0. The van der Waals surface area contributed by atoms with E-state index in [1.54, 1.807) is 11.0 Å². The molecule has 0 bridgehead atoms. The fourth-order valence-electron chi connectivity index (χ4n) is 6.48. The number of para-hydroxylation sites is 1. The first kappa shape index (κ1) is 16.3. The predicted molar refractivity (Wildman–Crippen MR) is 196 cm³/mol. The first-order chi connectivity index (χ1) is 28.7. The van der Waals surface area contributed by atoms with Crippen molar-refractivity contribution in [3.05, 3.63) is 163 Å². The third kappa shape index (κ3) is 3.93. The van der Waals surface area contributed by atoms with Gasteiger partial charge in [0.2, 0.25) is 0 Å². The Morgan fingerprint density at radius 2 is 1.26 bits per heavy atom.